The molecular weight excluding hydrogens is 390 g/mol. The molecule has 0 N–H and O–H groups in total. The zero-order chi connectivity index (χ0) is 20.5. The Kier molecular flexibility index (Phi) is 5.19. The van der Waals surface area contributed by atoms with Crippen LogP contribution in [0.4, 0.5) is 5.95 Å². The van der Waals surface area contributed by atoms with E-state index in [4.69, 9.17) is 11.6 Å². The third kappa shape index (κ3) is 3.80. The predicted molar refractivity (Wildman–Crippen MR) is 111 cm³/mol. The number of aryl methyl sites for hydroxylation is 2. The first-order valence-corrected chi connectivity index (χ1v) is 9.85. The van der Waals surface area contributed by atoms with Crippen LogP contribution in [0, 0.1) is 20.8 Å². The first kappa shape index (κ1) is 19.3. The van der Waals surface area contributed by atoms with Crippen molar-refractivity contribution in [1.29, 1.82) is 0 Å². The predicted octanol–water partition coefficient (Wildman–Crippen LogP) is 2.60. The van der Waals surface area contributed by atoms with Crippen LogP contribution in [0.3, 0.4) is 0 Å². The van der Waals surface area contributed by atoms with Crippen molar-refractivity contribution in [3.05, 3.63) is 58.1 Å². The van der Waals surface area contributed by atoms with Crippen molar-refractivity contribution in [2.75, 3.05) is 31.1 Å². The summed E-state index contributed by atoms with van der Waals surface area (Å²) in [5.74, 6) is 0.595. The molecule has 0 bridgehead atoms. The van der Waals surface area contributed by atoms with E-state index in [0.717, 1.165) is 17.3 Å². The number of para-hydroxylation sites is 1. The molecule has 29 heavy (non-hydrogen) atoms. The van der Waals surface area contributed by atoms with Crippen molar-refractivity contribution in [2.24, 2.45) is 0 Å². The molecule has 1 aliphatic heterocycles. The Morgan fingerprint density at radius 1 is 1.00 bits per heavy atom. The van der Waals surface area contributed by atoms with Crippen molar-refractivity contribution < 1.29 is 4.79 Å². The lowest BCUT2D eigenvalue weighted by atomic mass is 10.2. The highest BCUT2D eigenvalue weighted by molar-refractivity contribution is 6.32. The molecule has 3 aromatic rings. The highest BCUT2D eigenvalue weighted by atomic mass is 35.5. The second kappa shape index (κ2) is 7.79. The van der Waals surface area contributed by atoms with Crippen molar-refractivity contribution in [3.8, 4) is 5.69 Å². The summed E-state index contributed by atoms with van der Waals surface area (Å²) >= 11 is 6.26. The molecule has 1 aromatic carbocycles. The molecule has 8 nitrogen and oxygen atoms in total. The number of nitrogens with zero attached hydrogens (tertiary/aromatic N) is 7. The minimum Gasteiger partial charge on any atom is -0.337 e. The van der Waals surface area contributed by atoms with E-state index in [9.17, 15) is 4.79 Å². The number of amides is 1. The lowest BCUT2D eigenvalue weighted by Crippen LogP contribution is -2.49. The number of piperazine rings is 1. The van der Waals surface area contributed by atoms with Crippen LogP contribution in [-0.4, -0.2) is 61.9 Å². The van der Waals surface area contributed by atoms with Crippen molar-refractivity contribution in [3.63, 3.8) is 0 Å². The van der Waals surface area contributed by atoms with Crippen molar-refractivity contribution in [2.45, 2.75) is 20.8 Å². The van der Waals surface area contributed by atoms with Gasteiger partial charge >= 0.3 is 0 Å². The maximum absolute atomic E-state index is 13.0. The first-order valence-electron chi connectivity index (χ1n) is 9.48. The Balaban J connectivity index is 1.49. The Bertz CT molecular complexity index is 1040. The SMILES string of the molecule is Cc1cc(C)nc(N2CCN(C(=O)c3nnn(-c4ccccc4Cl)c3C)CC2)n1. The van der Waals surface area contributed by atoms with Gasteiger partial charge in [-0.1, -0.05) is 28.9 Å². The lowest BCUT2D eigenvalue weighted by Gasteiger charge is -2.34. The van der Waals surface area contributed by atoms with Gasteiger partial charge in [0.1, 0.15) is 0 Å². The summed E-state index contributed by atoms with van der Waals surface area (Å²) in [6, 6.07) is 9.31. The normalized spacial score (nSPS) is 14.3. The summed E-state index contributed by atoms with van der Waals surface area (Å²) in [5.41, 5.74) is 3.61. The molecule has 1 aliphatic rings. The quantitative estimate of drug-likeness (QED) is 0.659. The van der Waals surface area contributed by atoms with Crippen LogP contribution in [0.25, 0.3) is 5.69 Å². The summed E-state index contributed by atoms with van der Waals surface area (Å²) in [6.07, 6.45) is 0. The second-order valence-corrected chi connectivity index (χ2v) is 7.52. The van der Waals surface area contributed by atoms with Crippen LogP contribution in [0.15, 0.2) is 30.3 Å². The van der Waals surface area contributed by atoms with Crippen LogP contribution in [0.1, 0.15) is 27.6 Å². The van der Waals surface area contributed by atoms with Gasteiger partial charge in [-0.3, -0.25) is 4.79 Å². The number of anilines is 1. The molecule has 0 saturated carbocycles. The fraction of sp³-hybridized carbons (Fsp3) is 0.350. The monoisotopic (exact) mass is 411 g/mol. The zero-order valence-electron chi connectivity index (χ0n) is 16.6. The Morgan fingerprint density at radius 2 is 1.66 bits per heavy atom. The number of carbonyl (C=O) groups is 1. The summed E-state index contributed by atoms with van der Waals surface area (Å²) in [4.78, 5) is 26.0. The number of aromatic nitrogens is 5. The molecule has 9 heteroatoms. The average molecular weight is 412 g/mol. The summed E-state index contributed by atoms with van der Waals surface area (Å²) in [7, 11) is 0. The fourth-order valence-electron chi connectivity index (χ4n) is 3.49. The topological polar surface area (TPSA) is 80.0 Å². The van der Waals surface area contributed by atoms with Gasteiger partial charge in [-0.25, -0.2) is 14.6 Å². The van der Waals surface area contributed by atoms with Gasteiger partial charge < -0.3 is 9.80 Å². The number of hydrogen-bond donors (Lipinski definition) is 0. The molecule has 0 spiro atoms. The van der Waals surface area contributed by atoms with E-state index in [0.29, 0.717) is 48.3 Å². The van der Waals surface area contributed by atoms with Gasteiger partial charge in [-0.05, 0) is 39.0 Å². The molecule has 1 saturated heterocycles. The first-order chi connectivity index (χ1) is 13.9. The van der Waals surface area contributed by atoms with Gasteiger partial charge in [0.25, 0.3) is 5.91 Å². The van der Waals surface area contributed by atoms with E-state index in [-0.39, 0.29) is 5.91 Å². The van der Waals surface area contributed by atoms with Crippen LogP contribution in [0.5, 0.6) is 0 Å². The van der Waals surface area contributed by atoms with Gasteiger partial charge in [0.05, 0.1) is 16.4 Å². The molecule has 0 atom stereocenters. The van der Waals surface area contributed by atoms with Gasteiger partial charge in [0.15, 0.2) is 5.69 Å². The van der Waals surface area contributed by atoms with Crippen molar-refractivity contribution in [1.82, 2.24) is 29.9 Å². The fourth-order valence-corrected chi connectivity index (χ4v) is 3.70. The summed E-state index contributed by atoms with van der Waals surface area (Å²) in [5, 5.41) is 8.84. The molecule has 2 aromatic heterocycles. The molecule has 1 fully saturated rings. The second-order valence-electron chi connectivity index (χ2n) is 7.12. The summed E-state index contributed by atoms with van der Waals surface area (Å²) < 4.78 is 1.61. The molecule has 3 heterocycles. The highest BCUT2D eigenvalue weighted by Crippen LogP contribution is 2.22. The van der Waals surface area contributed by atoms with Gasteiger partial charge in [-0.2, -0.15) is 0 Å². The molecule has 0 aliphatic carbocycles. The number of halogens is 1. The van der Waals surface area contributed by atoms with Crippen LogP contribution in [0.2, 0.25) is 5.02 Å². The Labute approximate surface area is 174 Å². The summed E-state index contributed by atoms with van der Waals surface area (Å²) in [6.45, 7) is 8.25. The van der Waals surface area contributed by atoms with Gasteiger partial charge in [-0.15, -0.1) is 5.10 Å². The largest absolute Gasteiger partial charge is 0.337 e. The molecule has 150 valence electrons. The van der Waals surface area contributed by atoms with E-state index in [1.54, 1.807) is 15.6 Å². The van der Waals surface area contributed by atoms with E-state index in [1.807, 2.05) is 45.0 Å². The van der Waals surface area contributed by atoms with Gasteiger partial charge in [0, 0.05) is 37.6 Å². The zero-order valence-corrected chi connectivity index (χ0v) is 17.4. The average Bonchev–Trinajstić information content (AvgIpc) is 3.08. The Morgan fingerprint density at radius 3 is 2.31 bits per heavy atom. The molecular formula is C20H22ClN7O. The third-order valence-electron chi connectivity index (χ3n) is 5.00. The van der Waals surface area contributed by atoms with Crippen molar-refractivity contribution >= 4 is 23.5 Å². The standard InChI is InChI=1S/C20H22ClN7O/c1-13-12-14(2)23-20(22-13)27-10-8-26(9-11-27)19(29)18-15(3)28(25-24-18)17-7-5-4-6-16(17)21/h4-7,12H,8-11H2,1-3H3. The van der Waals surface area contributed by atoms with E-state index >= 15 is 0 Å². The van der Waals surface area contributed by atoms with E-state index in [2.05, 4.69) is 25.2 Å². The number of hydrogen-bond acceptors (Lipinski definition) is 6. The van der Waals surface area contributed by atoms with Crippen LogP contribution in [-0.2, 0) is 0 Å². The van der Waals surface area contributed by atoms with Gasteiger partial charge in [0.2, 0.25) is 5.95 Å². The maximum atomic E-state index is 13.0. The highest BCUT2D eigenvalue weighted by Gasteiger charge is 2.27. The maximum Gasteiger partial charge on any atom is 0.276 e. The van der Waals surface area contributed by atoms with Crippen LogP contribution >= 0.6 is 11.6 Å². The molecule has 4 rings (SSSR count). The van der Waals surface area contributed by atoms with E-state index in [1.165, 1.54) is 0 Å². The minimum absolute atomic E-state index is 0.123. The number of carbonyl (C=O) groups excluding carboxylic acids is 1. The minimum atomic E-state index is -0.123. The lowest BCUT2D eigenvalue weighted by molar-refractivity contribution is 0.0739. The molecule has 0 radical (unpaired) electrons. The molecule has 0 unspecified atom stereocenters. The van der Waals surface area contributed by atoms with Crippen LogP contribution < -0.4 is 4.90 Å². The Hall–Kier alpha value is -3.00. The smallest absolute Gasteiger partial charge is 0.276 e. The van der Waals surface area contributed by atoms with E-state index < -0.39 is 0 Å². The number of rotatable bonds is 3. The molecule has 1 amide bonds. The number of benzene rings is 1. The third-order valence-corrected chi connectivity index (χ3v) is 5.32.